The average Bonchev–Trinajstić information content (AvgIpc) is 0.759. The Morgan fingerprint density at radius 1 is 0.108 bits per heavy atom. The van der Waals surface area contributed by atoms with Crippen LogP contribution < -0.4 is 0 Å². The van der Waals surface area contributed by atoms with Crippen molar-refractivity contribution >= 4 is 0 Å². The molecule has 20 rings (SSSR count). The molecule has 14 heteroatoms. The zero-order valence-electron chi connectivity index (χ0n) is 64.7. The summed E-state index contributed by atoms with van der Waals surface area (Å²) in [5.41, 5.74) is 27.6. The number of aromatic nitrogens is 14. The van der Waals surface area contributed by atoms with Gasteiger partial charge in [-0.15, -0.1) is 0 Å². The summed E-state index contributed by atoms with van der Waals surface area (Å²) < 4.78 is 0. The van der Waals surface area contributed by atoms with Crippen molar-refractivity contribution in [2.75, 3.05) is 0 Å². The molecule has 20 aromatic rings. The van der Waals surface area contributed by atoms with Crippen LogP contribution in [-0.2, 0) is 0 Å². The Morgan fingerprint density at radius 3 is 0.758 bits per heavy atom. The van der Waals surface area contributed by atoms with E-state index in [0.717, 1.165) is 140 Å². The topological polar surface area (TPSA) is 180 Å². The second-order valence-electron chi connectivity index (χ2n) is 28.4. The number of hydrogen-bond donors (Lipinski definition) is 0. The summed E-state index contributed by atoms with van der Waals surface area (Å²) in [7, 11) is 0. The summed E-state index contributed by atoms with van der Waals surface area (Å²) in [6.07, 6.45) is 5.37. The fraction of sp³-hybridized carbons (Fsp3) is 0. The number of pyridine rings is 6. The highest BCUT2D eigenvalue weighted by Crippen LogP contribution is 2.40. The summed E-state index contributed by atoms with van der Waals surface area (Å²) in [4.78, 5) is 70.3. The van der Waals surface area contributed by atoms with Crippen LogP contribution in [0.5, 0.6) is 0 Å². The molecular weight excluding hydrogens is 1470 g/mol. The molecule has 10 heterocycles. The molecule has 0 N–H and O–H groups in total. The fourth-order valence-electron chi connectivity index (χ4n) is 14.4. The van der Waals surface area contributed by atoms with E-state index < -0.39 is 0 Å². The van der Waals surface area contributed by atoms with Gasteiger partial charge in [0.1, 0.15) is 0 Å². The maximum atomic E-state index is 5.23. The van der Waals surface area contributed by atoms with Crippen molar-refractivity contribution in [3.05, 3.63) is 425 Å². The lowest BCUT2D eigenvalue weighted by molar-refractivity contribution is 1.16. The van der Waals surface area contributed by atoms with E-state index in [-0.39, 0.29) is 0 Å². The van der Waals surface area contributed by atoms with Crippen molar-refractivity contribution in [1.29, 1.82) is 0 Å². The highest BCUT2D eigenvalue weighted by atomic mass is 14.9. The van der Waals surface area contributed by atoms with Crippen LogP contribution >= 0.6 is 0 Å². The van der Waals surface area contributed by atoms with Crippen LogP contribution in [0.15, 0.2) is 425 Å². The third-order valence-electron chi connectivity index (χ3n) is 20.4. The Kier molecular flexibility index (Phi) is 21.0. The lowest BCUT2D eigenvalue weighted by Gasteiger charge is -2.15. The minimum atomic E-state index is 0.603. The van der Waals surface area contributed by atoms with Crippen LogP contribution in [0.4, 0.5) is 0 Å². The molecule has 0 bridgehead atoms. The molecule has 0 amide bonds. The molecule has 120 heavy (non-hydrogen) atoms. The average molecular weight is 1540 g/mol. The second-order valence-corrected chi connectivity index (χ2v) is 28.4. The van der Waals surface area contributed by atoms with Gasteiger partial charge in [0.2, 0.25) is 0 Å². The summed E-state index contributed by atoms with van der Waals surface area (Å²) in [5, 5.41) is 0. The highest BCUT2D eigenvalue weighted by molar-refractivity contribution is 5.87. The first-order valence-corrected chi connectivity index (χ1v) is 39.4. The van der Waals surface area contributed by atoms with Crippen LogP contribution in [-0.4, -0.2) is 69.8 Å². The van der Waals surface area contributed by atoms with E-state index in [9.17, 15) is 0 Å². The zero-order valence-corrected chi connectivity index (χ0v) is 64.7. The minimum Gasteiger partial charge on any atom is -0.255 e. The Labute approximate surface area is 694 Å². The van der Waals surface area contributed by atoms with Gasteiger partial charge in [-0.1, -0.05) is 309 Å². The van der Waals surface area contributed by atoms with Gasteiger partial charge in [0.05, 0.1) is 96.8 Å². The lowest BCUT2D eigenvalue weighted by Crippen LogP contribution is -1.99. The number of benzene rings is 10. The highest BCUT2D eigenvalue weighted by Gasteiger charge is 2.22. The molecule has 564 valence electrons. The van der Waals surface area contributed by atoms with E-state index >= 15 is 0 Å². The van der Waals surface area contributed by atoms with Crippen molar-refractivity contribution < 1.29 is 0 Å². The lowest BCUT2D eigenvalue weighted by atomic mass is 9.97. The third-order valence-corrected chi connectivity index (χ3v) is 20.4. The molecule has 0 radical (unpaired) electrons. The van der Waals surface area contributed by atoms with Crippen LogP contribution in [0.3, 0.4) is 0 Å². The molecule has 0 aliphatic carbocycles. The van der Waals surface area contributed by atoms with E-state index in [1.54, 1.807) is 18.6 Å². The van der Waals surface area contributed by atoms with Crippen LogP contribution in [0.1, 0.15) is 0 Å². The number of rotatable bonds is 18. The van der Waals surface area contributed by atoms with E-state index in [2.05, 4.69) is 151 Å². The Bertz CT molecular complexity index is 6730. The van der Waals surface area contributed by atoms with Crippen molar-refractivity contribution in [2.24, 2.45) is 0 Å². The maximum Gasteiger partial charge on any atom is 0.161 e. The third kappa shape index (κ3) is 16.6. The molecule has 10 aromatic heterocycles. The van der Waals surface area contributed by atoms with Gasteiger partial charge in [0, 0.05) is 79.8 Å². The molecule has 0 spiro atoms. The quantitative estimate of drug-likeness (QED) is 0.0791. The molecule has 0 unspecified atom stereocenters. The van der Waals surface area contributed by atoms with E-state index in [1.165, 1.54) is 0 Å². The van der Waals surface area contributed by atoms with Crippen LogP contribution in [0, 0.1) is 0 Å². The predicted octanol–water partition coefficient (Wildman–Crippen LogP) is 24.9. The van der Waals surface area contributed by atoms with Crippen molar-refractivity contribution in [3.8, 4) is 204 Å². The van der Waals surface area contributed by atoms with Gasteiger partial charge in [0.15, 0.2) is 23.3 Å². The van der Waals surface area contributed by atoms with Gasteiger partial charge in [-0.25, -0.2) is 54.8 Å². The first-order valence-electron chi connectivity index (χ1n) is 39.4. The number of nitrogens with zero attached hydrogens (tertiary/aromatic N) is 14. The van der Waals surface area contributed by atoms with E-state index in [4.69, 9.17) is 64.8 Å². The van der Waals surface area contributed by atoms with Crippen molar-refractivity contribution in [3.63, 3.8) is 0 Å². The summed E-state index contributed by atoms with van der Waals surface area (Å²) in [5.74, 6) is 2.53. The van der Waals surface area contributed by atoms with Crippen LogP contribution in [0.2, 0.25) is 0 Å². The fourth-order valence-corrected chi connectivity index (χ4v) is 14.4. The molecule has 14 nitrogen and oxygen atoms in total. The van der Waals surface area contributed by atoms with Crippen LogP contribution in [0.25, 0.3) is 204 Å². The van der Waals surface area contributed by atoms with Gasteiger partial charge in [-0.2, -0.15) is 0 Å². The molecule has 0 fully saturated rings. The van der Waals surface area contributed by atoms with Gasteiger partial charge < -0.3 is 0 Å². The molecule has 10 aromatic carbocycles. The SMILES string of the molecule is c1ccc(-c2cc(-c3ccc(-c4cc(-c5ccccn5)nc(-c5cc(-c6nc(-c7ccccc7)cc(-c7ccccc7)n6)ccn5)c4)cc3)nc(-c3ccccc3)n2)cc1.c1ccc(-c2cc(-c3cccc(-c4cc(-c5ccccc5-c5nc(-c6ccccc6)cc(-c6ccccc6)n5)cc(-c5ccccn5)n4)n3)nc(-c3ccccc3)n2)cc1. The Balaban J connectivity index is 0.000000159. The molecule has 0 atom stereocenters. The van der Waals surface area contributed by atoms with E-state index in [1.807, 2.05) is 261 Å². The first kappa shape index (κ1) is 73.6. The summed E-state index contributed by atoms with van der Waals surface area (Å²) in [6.45, 7) is 0. The first-order chi connectivity index (χ1) is 59.4. The normalized spacial score (nSPS) is 11.0. The van der Waals surface area contributed by atoms with Crippen molar-refractivity contribution in [1.82, 2.24) is 69.8 Å². The minimum absolute atomic E-state index is 0.603. The molecule has 0 saturated heterocycles. The molecule has 0 saturated carbocycles. The van der Waals surface area contributed by atoms with Gasteiger partial charge in [-0.05, 0) is 119 Å². The standard InChI is InChI=1S/2C53H35N7/c1-5-18-36(19-6-1)46-34-47(37-20-7-2-8-21-37)59-53(58-46)42-27-14-13-26-41(42)40-32-49(43-28-15-16-31-54-43)56-50(33-40)44-29-17-30-45(55-44)51-35-48(38-22-9-3-10-23-38)57-52(60-51)39-24-11-4-12-25-39;1-5-15-37(16-6-1)45-35-48(58-52(57-45)41-21-11-4-12-22-41)40-26-24-36(25-27-40)43-32-50(44-23-13-14-29-54-44)56-51(33-43)49-31-42(28-30-55-49)53-59-46(38-17-7-2-8-18-38)34-47(60-53)39-19-9-3-10-20-39/h2*1-35H. The predicted molar refractivity (Wildman–Crippen MR) is 480 cm³/mol. The smallest absolute Gasteiger partial charge is 0.161 e. The van der Waals surface area contributed by atoms with Gasteiger partial charge in [-0.3, -0.25) is 15.0 Å². The van der Waals surface area contributed by atoms with Gasteiger partial charge in [0.25, 0.3) is 0 Å². The second kappa shape index (κ2) is 34.2. The molecule has 0 aliphatic heterocycles. The Hall–Kier alpha value is -16.6. The molecular formula is C106H70N14. The monoisotopic (exact) mass is 1540 g/mol. The Morgan fingerprint density at radius 2 is 0.367 bits per heavy atom. The number of hydrogen-bond acceptors (Lipinski definition) is 14. The summed E-state index contributed by atoms with van der Waals surface area (Å²) >= 11 is 0. The largest absolute Gasteiger partial charge is 0.255 e. The molecule has 0 aliphatic rings. The van der Waals surface area contributed by atoms with Gasteiger partial charge >= 0.3 is 0 Å². The zero-order chi connectivity index (χ0) is 80.2. The summed E-state index contributed by atoms with van der Waals surface area (Å²) in [6, 6.07) is 136. The maximum absolute atomic E-state index is 5.23. The van der Waals surface area contributed by atoms with E-state index in [0.29, 0.717) is 63.2 Å². The van der Waals surface area contributed by atoms with Crippen molar-refractivity contribution in [2.45, 2.75) is 0 Å².